The molecule has 0 aliphatic carbocycles. The quantitative estimate of drug-likeness (QED) is 0.570. The Morgan fingerprint density at radius 1 is 1.75 bits per heavy atom. The van der Waals surface area contributed by atoms with E-state index in [1.54, 1.807) is 0 Å². The molecule has 1 aromatic rings. The second-order valence-electron chi connectivity index (χ2n) is 2.03. The van der Waals surface area contributed by atoms with Crippen LogP contribution in [0.5, 0.6) is 0 Å². The Labute approximate surface area is 67.5 Å². The highest BCUT2D eigenvalue weighted by atomic mass is 16.7. The largest absolute Gasteiger partial charge is 0.382 e. The van der Waals surface area contributed by atoms with Crippen LogP contribution in [0.2, 0.25) is 0 Å². The number of nitrogen functional groups attached to an aromatic ring is 1. The van der Waals surface area contributed by atoms with Crippen molar-refractivity contribution in [3.05, 3.63) is 22.7 Å². The third-order valence-electron chi connectivity index (χ3n) is 1.06. The molecule has 1 rings (SSSR count). The molecule has 0 saturated carbocycles. The lowest BCUT2D eigenvalue weighted by Crippen LogP contribution is -2.32. The van der Waals surface area contributed by atoms with Crippen molar-refractivity contribution >= 4 is 11.8 Å². The first-order chi connectivity index (χ1) is 5.61. The first-order valence-electron chi connectivity index (χ1n) is 3.13. The van der Waals surface area contributed by atoms with Gasteiger partial charge in [0.05, 0.1) is 0 Å². The number of hydrogen-bond acceptors (Lipinski definition) is 5. The fraction of sp³-hybridized carbons (Fsp3) is 0.167. The van der Waals surface area contributed by atoms with Crippen LogP contribution in [0.25, 0.3) is 0 Å². The molecule has 6 heteroatoms. The second kappa shape index (κ2) is 3.04. The van der Waals surface area contributed by atoms with E-state index in [1.165, 1.54) is 19.2 Å². The second-order valence-corrected chi connectivity index (χ2v) is 2.03. The number of hydrogen-bond donors (Lipinski definition) is 1. The van der Waals surface area contributed by atoms with Gasteiger partial charge in [0.25, 0.3) is 0 Å². The molecule has 2 N–H and O–H groups in total. The Morgan fingerprint density at radius 3 is 2.92 bits per heavy atom. The first kappa shape index (κ1) is 8.25. The van der Waals surface area contributed by atoms with E-state index in [4.69, 9.17) is 5.73 Å². The molecule has 0 amide bonds. The van der Waals surface area contributed by atoms with E-state index in [2.05, 4.69) is 9.82 Å². The molecule has 1 aromatic heterocycles. The van der Waals surface area contributed by atoms with E-state index >= 15 is 0 Å². The zero-order chi connectivity index (χ0) is 9.14. The lowest BCUT2D eigenvalue weighted by molar-refractivity contribution is -0.141. The van der Waals surface area contributed by atoms with E-state index < -0.39 is 11.7 Å². The maximum absolute atomic E-state index is 10.9. The average molecular weight is 169 g/mol. The van der Waals surface area contributed by atoms with Crippen molar-refractivity contribution < 1.29 is 9.63 Å². The van der Waals surface area contributed by atoms with Crippen LogP contribution in [0.4, 0.5) is 5.82 Å². The van der Waals surface area contributed by atoms with Gasteiger partial charge in [-0.3, -0.25) is 0 Å². The molecule has 64 valence electrons. The highest BCUT2D eigenvalue weighted by molar-refractivity contribution is 5.66. The molecule has 1 heterocycles. The molecule has 0 fully saturated rings. The highest BCUT2D eigenvalue weighted by Gasteiger charge is 2.03. The van der Waals surface area contributed by atoms with Crippen LogP contribution in [0.15, 0.2) is 17.1 Å². The molecular weight excluding hydrogens is 162 g/mol. The van der Waals surface area contributed by atoms with Crippen molar-refractivity contribution in [2.75, 3.05) is 5.73 Å². The number of carbonyl (C=O) groups is 1. The maximum atomic E-state index is 10.9. The van der Waals surface area contributed by atoms with E-state index in [0.29, 0.717) is 4.73 Å². The van der Waals surface area contributed by atoms with Gasteiger partial charge < -0.3 is 10.6 Å². The molecule has 12 heavy (non-hydrogen) atoms. The van der Waals surface area contributed by atoms with Crippen LogP contribution in [0.3, 0.4) is 0 Å². The minimum absolute atomic E-state index is 0.0326. The molecular formula is C6H7N3O3. The van der Waals surface area contributed by atoms with Crippen molar-refractivity contribution in [3.8, 4) is 0 Å². The Bertz CT molecular complexity index is 357. The zero-order valence-corrected chi connectivity index (χ0v) is 6.35. The van der Waals surface area contributed by atoms with Gasteiger partial charge in [0.1, 0.15) is 5.82 Å². The van der Waals surface area contributed by atoms with Crippen molar-refractivity contribution in [3.63, 3.8) is 0 Å². The summed E-state index contributed by atoms with van der Waals surface area (Å²) in [7, 11) is 0. The third kappa shape index (κ3) is 1.60. The summed E-state index contributed by atoms with van der Waals surface area (Å²) >= 11 is 0. The van der Waals surface area contributed by atoms with Crippen molar-refractivity contribution in [1.82, 2.24) is 9.71 Å². The molecule has 0 radical (unpaired) electrons. The smallest absolute Gasteiger partial charge is 0.382 e. The number of nitrogens with two attached hydrogens (primary N) is 1. The van der Waals surface area contributed by atoms with Crippen LogP contribution >= 0.6 is 0 Å². The van der Waals surface area contributed by atoms with E-state index in [0.717, 1.165) is 0 Å². The predicted molar refractivity (Wildman–Crippen MR) is 40.2 cm³/mol. The van der Waals surface area contributed by atoms with Gasteiger partial charge in [0.2, 0.25) is 0 Å². The summed E-state index contributed by atoms with van der Waals surface area (Å²) in [6.45, 7) is 1.17. The maximum Gasteiger partial charge on any atom is 0.382 e. The minimum atomic E-state index is -0.717. The summed E-state index contributed by atoms with van der Waals surface area (Å²) in [4.78, 5) is 29.1. The fourth-order valence-corrected chi connectivity index (χ4v) is 0.628. The zero-order valence-electron chi connectivity index (χ0n) is 6.35. The molecule has 0 aromatic carbocycles. The molecule has 6 nitrogen and oxygen atoms in total. The average Bonchev–Trinajstić information content (AvgIpc) is 1.97. The van der Waals surface area contributed by atoms with Crippen molar-refractivity contribution in [1.29, 1.82) is 0 Å². The Morgan fingerprint density at radius 2 is 2.42 bits per heavy atom. The van der Waals surface area contributed by atoms with Gasteiger partial charge in [-0.1, -0.05) is 0 Å². The van der Waals surface area contributed by atoms with Gasteiger partial charge in [-0.2, -0.15) is 4.98 Å². The van der Waals surface area contributed by atoms with E-state index in [9.17, 15) is 9.59 Å². The van der Waals surface area contributed by atoms with E-state index in [-0.39, 0.29) is 5.82 Å². The summed E-state index contributed by atoms with van der Waals surface area (Å²) in [6, 6.07) is 1.35. The number of carbonyl (C=O) groups excluding carboxylic acids is 1. The van der Waals surface area contributed by atoms with E-state index in [1.807, 2.05) is 0 Å². The van der Waals surface area contributed by atoms with Crippen LogP contribution in [-0.2, 0) is 4.79 Å². The summed E-state index contributed by atoms with van der Waals surface area (Å²) < 4.78 is 0.627. The summed E-state index contributed by atoms with van der Waals surface area (Å²) in [5.74, 6) is -0.595. The minimum Gasteiger partial charge on any atom is -0.382 e. The topological polar surface area (TPSA) is 87.2 Å². The molecule has 0 spiro atoms. The number of rotatable bonds is 1. The van der Waals surface area contributed by atoms with Gasteiger partial charge in [-0.25, -0.2) is 9.59 Å². The number of aromatic nitrogens is 2. The van der Waals surface area contributed by atoms with Gasteiger partial charge in [0.15, 0.2) is 0 Å². The molecule has 0 aliphatic heterocycles. The molecule has 0 aliphatic rings. The lowest BCUT2D eigenvalue weighted by Gasteiger charge is -2.04. The summed E-state index contributed by atoms with van der Waals surface area (Å²) in [5.41, 5.74) is 4.60. The van der Waals surface area contributed by atoms with Crippen LogP contribution in [0, 0.1) is 0 Å². The fourth-order valence-electron chi connectivity index (χ4n) is 0.628. The van der Waals surface area contributed by atoms with Crippen LogP contribution < -0.4 is 16.3 Å². The van der Waals surface area contributed by atoms with Gasteiger partial charge >= 0.3 is 11.7 Å². The highest BCUT2D eigenvalue weighted by Crippen LogP contribution is 1.91. The lowest BCUT2D eigenvalue weighted by atomic mass is 10.6. The number of anilines is 1. The molecule has 0 unspecified atom stereocenters. The first-order valence-corrected chi connectivity index (χ1v) is 3.13. The van der Waals surface area contributed by atoms with Crippen molar-refractivity contribution in [2.45, 2.75) is 6.92 Å². The Kier molecular flexibility index (Phi) is 2.09. The normalized spacial score (nSPS) is 9.42. The SMILES string of the molecule is CC(=O)On1c(N)ccnc1=O. The molecule has 0 saturated heterocycles. The molecule has 0 bridgehead atoms. The standard InChI is InChI=1S/C6H7N3O3/c1-4(10)12-9-5(7)2-3-8-6(9)11/h2-3H,7H2,1H3. The monoisotopic (exact) mass is 169 g/mol. The van der Waals surface area contributed by atoms with Crippen molar-refractivity contribution in [2.24, 2.45) is 0 Å². The number of nitrogens with zero attached hydrogens (tertiary/aromatic N) is 2. The summed E-state index contributed by atoms with van der Waals surface area (Å²) in [6.07, 6.45) is 1.23. The van der Waals surface area contributed by atoms with Gasteiger partial charge in [-0.15, -0.1) is 4.73 Å². The van der Waals surface area contributed by atoms with Crippen LogP contribution in [0.1, 0.15) is 6.92 Å². The third-order valence-corrected chi connectivity index (χ3v) is 1.06. The Balaban J connectivity index is 3.13. The van der Waals surface area contributed by atoms with Gasteiger partial charge in [-0.05, 0) is 0 Å². The van der Waals surface area contributed by atoms with Gasteiger partial charge in [0, 0.05) is 19.2 Å². The predicted octanol–water partition coefficient (Wildman–Crippen LogP) is -1.20. The van der Waals surface area contributed by atoms with Crippen LogP contribution in [-0.4, -0.2) is 15.7 Å². The summed E-state index contributed by atoms with van der Waals surface area (Å²) in [5, 5.41) is 0. The Hall–Kier alpha value is -1.85. The molecule has 0 atom stereocenters.